The summed E-state index contributed by atoms with van der Waals surface area (Å²) in [6.45, 7) is 0. The summed E-state index contributed by atoms with van der Waals surface area (Å²) in [7, 11) is -0.958. The molecule has 0 atom stereocenters. The van der Waals surface area contributed by atoms with Crippen LogP contribution < -0.4 is 4.72 Å². The number of methoxy groups -OCH3 is 1. The van der Waals surface area contributed by atoms with Crippen LogP contribution in [-0.4, -0.2) is 31.0 Å². The monoisotopic (exact) mass is 301 g/mol. The van der Waals surface area contributed by atoms with Crippen molar-refractivity contribution < 1.29 is 17.9 Å². The Morgan fingerprint density at radius 1 is 1.53 bits per heavy atom. The molecular weight excluding hydrogens is 290 g/mol. The van der Waals surface area contributed by atoms with E-state index in [1.165, 1.54) is 40.8 Å². The van der Waals surface area contributed by atoms with Gasteiger partial charge in [-0.3, -0.25) is 4.72 Å². The summed E-state index contributed by atoms with van der Waals surface area (Å²) >= 11 is 1.26. The summed E-state index contributed by atoms with van der Waals surface area (Å²) in [5.74, 6) is -0.719. The number of nitrogens with one attached hydrogen (secondary N) is 1. The van der Waals surface area contributed by atoms with E-state index in [4.69, 9.17) is 0 Å². The molecule has 0 amide bonds. The third-order valence-corrected chi connectivity index (χ3v) is 4.52. The highest BCUT2D eigenvalue weighted by molar-refractivity contribution is 7.92. The zero-order valence-electron chi connectivity index (χ0n) is 10.2. The van der Waals surface area contributed by atoms with Gasteiger partial charge in [0.1, 0.15) is 0 Å². The van der Waals surface area contributed by atoms with Gasteiger partial charge in [0.2, 0.25) is 0 Å². The van der Waals surface area contributed by atoms with Crippen molar-refractivity contribution in [3.05, 3.63) is 28.8 Å². The van der Waals surface area contributed by atoms with Crippen LogP contribution in [0.3, 0.4) is 0 Å². The van der Waals surface area contributed by atoms with Gasteiger partial charge < -0.3 is 9.30 Å². The number of esters is 1. The summed E-state index contributed by atoms with van der Waals surface area (Å²) in [5.41, 5.74) is 0.0429. The highest BCUT2D eigenvalue weighted by Gasteiger charge is 2.23. The Labute approximate surface area is 113 Å². The highest BCUT2D eigenvalue weighted by Crippen LogP contribution is 2.20. The van der Waals surface area contributed by atoms with Crippen molar-refractivity contribution in [3.63, 3.8) is 0 Å². The molecule has 0 aliphatic carbocycles. The first-order chi connectivity index (χ1) is 8.95. The highest BCUT2D eigenvalue weighted by atomic mass is 32.2. The molecule has 102 valence electrons. The van der Waals surface area contributed by atoms with Gasteiger partial charge >= 0.3 is 5.97 Å². The van der Waals surface area contributed by atoms with Crippen molar-refractivity contribution in [2.24, 2.45) is 7.05 Å². The fourth-order valence-electron chi connectivity index (χ4n) is 1.43. The fourth-order valence-corrected chi connectivity index (χ4v) is 3.48. The van der Waals surface area contributed by atoms with Gasteiger partial charge in [-0.2, -0.15) is 11.3 Å². The predicted octanol–water partition coefficient (Wildman–Crippen LogP) is 1.07. The maximum atomic E-state index is 12.0. The summed E-state index contributed by atoms with van der Waals surface area (Å²) in [5, 5.41) is 3.14. The second-order valence-electron chi connectivity index (χ2n) is 3.61. The standard InChI is InChI=1S/C10H11N3O4S2/c1-13-6-11-9(8(13)10(14)17-2)12-19(15,16)7-3-4-18-5-7/h3-6,12H,1-2H3. The summed E-state index contributed by atoms with van der Waals surface area (Å²) in [4.78, 5) is 15.6. The van der Waals surface area contributed by atoms with E-state index in [1.807, 2.05) is 0 Å². The van der Waals surface area contributed by atoms with E-state index in [1.54, 1.807) is 12.4 Å². The summed E-state index contributed by atoms with van der Waals surface area (Å²) < 4.78 is 32.3. The average Bonchev–Trinajstić information content (AvgIpc) is 2.99. The lowest BCUT2D eigenvalue weighted by atomic mass is 10.4. The van der Waals surface area contributed by atoms with Crippen molar-refractivity contribution in [2.75, 3.05) is 11.8 Å². The van der Waals surface area contributed by atoms with Crippen LogP contribution in [0, 0.1) is 0 Å². The van der Waals surface area contributed by atoms with E-state index in [2.05, 4.69) is 14.4 Å². The number of sulfonamides is 1. The first-order valence-corrected chi connectivity index (χ1v) is 7.53. The lowest BCUT2D eigenvalue weighted by Gasteiger charge is -2.06. The van der Waals surface area contributed by atoms with Crippen LogP contribution in [0.2, 0.25) is 0 Å². The molecule has 0 aliphatic rings. The van der Waals surface area contributed by atoms with E-state index in [0.29, 0.717) is 0 Å². The molecule has 0 aromatic carbocycles. The number of imidazole rings is 1. The van der Waals surface area contributed by atoms with E-state index in [0.717, 1.165) is 0 Å². The Balaban J connectivity index is 2.38. The molecule has 7 nitrogen and oxygen atoms in total. The Hall–Kier alpha value is -1.87. The second-order valence-corrected chi connectivity index (χ2v) is 6.07. The van der Waals surface area contributed by atoms with Crippen LogP contribution in [-0.2, 0) is 21.8 Å². The number of hydrogen-bond donors (Lipinski definition) is 1. The molecule has 0 radical (unpaired) electrons. The normalized spacial score (nSPS) is 11.3. The molecular formula is C10H11N3O4S2. The predicted molar refractivity (Wildman–Crippen MR) is 69.7 cm³/mol. The molecule has 0 saturated heterocycles. The number of aromatic nitrogens is 2. The van der Waals surface area contributed by atoms with Gasteiger partial charge in [0.05, 0.1) is 18.3 Å². The van der Waals surface area contributed by atoms with Crippen LogP contribution in [0.5, 0.6) is 0 Å². The first kappa shape index (κ1) is 13.6. The van der Waals surface area contributed by atoms with Gasteiger partial charge in [0.15, 0.2) is 11.5 Å². The van der Waals surface area contributed by atoms with Gasteiger partial charge in [-0.15, -0.1) is 0 Å². The number of aryl methyl sites for hydroxylation is 1. The minimum Gasteiger partial charge on any atom is -0.464 e. The Morgan fingerprint density at radius 2 is 2.26 bits per heavy atom. The third-order valence-electron chi connectivity index (χ3n) is 2.35. The van der Waals surface area contributed by atoms with Crippen LogP contribution in [0.25, 0.3) is 0 Å². The van der Waals surface area contributed by atoms with E-state index >= 15 is 0 Å². The first-order valence-electron chi connectivity index (χ1n) is 5.10. The van der Waals surface area contributed by atoms with Gasteiger partial charge in [-0.1, -0.05) is 0 Å². The topological polar surface area (TPSA) is 90.3 Å². The number of thiophene rings is 1. The number of rotatable bonds is 4. The van der Waals surface area contributed by atoms with Gasteiger partial charge in [0.25, 0.3) is 10.0 Å². The van der Waals surface area contributed by atoms with Crippen molar-refractivity contribution in [1.29, 1.82) is 0 Å². The number of ether oxygens (including phenoxy) is 1. The lowest BCUT2D eigenvalue weighted by molar-refractivity contribution is 0.0591. The number of carbonyl (C=O) groups is 1. The molecule has 0 fully saturated rings. The molecule has 0 aliphatic heterocycles. The molecule has 0 unspecified atom stereocenters. The smallest absolute Gasteiger partial charge is 0.358 e. The largest absolute Gasteiger partial charge is 0.464 e. The zero-order chi connectivity index (χ0) is 14.0. The minimum absolute atomic E-state index is 0.0429. The molecule has 9 heteroatoms. The molecule has 0 saturated carbocycles. The average molecular weight is 301 g/mol. The van der Waals surface area contributed by atoms with Crippen molar-refractivity contribution in [2.45, 2.75) is 4.90 Å². The van der Waals surface area contributed by atoms with Gasteiger partial charge in [-0.25, -0.2) is 18.2 Å². The van der Waals surface area contributed by atoms with Crippen LogP contribution in [0.15, 0.2) is 28.0 Å². The van der Waals surface area contributed by atoms with Crippen LogP contribution >= 0.6 is 11.3 Å². The Morgan fingerprint density at radius 3 is 2.84 bits per heavy atom. The second kappa shape index (κ2) is 5.02. The van der Waals surface area contributed by atoms with Gasteiger partial charge in [-0.05, 0) is 11.4 Å². The molecule has 2 heterocycles. The molecule has 19 heavy (non-hydrogen) atoms. The maximum Gasteiger partial charge on any atom is 0.358 e. The van der Waals surface area contributed by atoms with Crippen molar-refractivity contribution in [3.8, 4) is 0 Å². The number of anilines is 1. The SMILES string of the molecule is COC(=O)c1c(NS(=O)(=O)c2ccsc2)ncn1C. The minimum atomic E-state index is -3.74. The Bertz CT molecular complexity index is 688. The number of carbonyl (C=O) groups excluding carboxylic acids is 1. The summed E-state index contributed by atoms with van der Waals surface area (Å²) in [6.07, 6.45) is 1.33. The van der Waals surface area contributed by atoms with E-state index < -0.39 is 16.0 Å². The Kier molecular flexibility index (Phi) is 3.58. The molecule has 0 bridgehead atoms. The third kappa shape index (κ3) is 2.61. The van der Waals surface area contributed by atoms with Crippen molar-refractivity contribution in [1.82, 2.24) is 9.55 Å². The van der Waals surface area contributed by atoms with Crippen molar-refractivity contribution >= 4 is 33.1 Å². The maximum absolute atomic E-state index is 12.0. The summed E-state index contributed by atoms with van der Waals surface area (Å²) in [6, 6.07) is 1.47. The molecule has 1 N–H and O–H groups in total. The van der Waals surface area contributed by atoms with Gasteiger partial charge in [0, 0.05) is 12.4 Å². The lowest BCUT2D eigenvalue weighted by Crippen LogP contribution is -2.16. The van der Waals surface area contributed by atoms with Crippen LogP contribution in [0.1, 0.15) is 10.5 Å². The molecule has 2 rings (SSSR count). The number of hydrogen-bond acceptors (Lipinski definition) is 6. The fraction of sp³-hybridized carbons (Fsp3) is 0.200. The quantitative estimate of drug-likeness (QED) is 0.853. The molecule has 0 spiro atoms. The number of nitrogens with zero attached hydrogens (tertiary/aromatic N) is 2. The molecule has 2 aromatic heterocycles. The van der Waals surface area contributed by atoms with Crippen LogP contribution in [0.4, 0.5) is 5.82 Å². The molecule has 2 aromatic rings. The van der Waals surface area contributed by atoms with E-state index in [9.17, 15) is 13.2 Å². The zero-order valence-corrected chi connectivity index (χ0v) is 11.8. The van der Waals surface area contributed by atoms with E-state index in [-0.39, 0.29) is 16.4 Å².